The molecule has 350 valence electrons. The number of hydrogen-bond donors (Lipinski definition) is 3. The van der Waals surface area contributed by atoms with Crippen LogP contribution in [0.5, 0.6) is 23.0 Å². The second kappa shape index (κ2) is 22.5. The lowest BCUT2D eigenvalue weighted by Gasteiger charge is -2.32. The Morgan fingerprint density at radius 1 is 0.677 bits per heavy atom. The minimum Gasteiger partial charge on any atom is -0.490 e. The Hall–Kier alpha value is -4.26. The lowest BCUT2D eigenvalue weighted by molar-refractivity contribution is -0.0107. The summed E-state index contributed by atoms with van der Waals surface area (Å²) in [6.45, 7) is 21.8. The molecule has 0 unspecified atom stereocenters. The third kappa shape index (κ3) is 12.8. The zero-order chi connectivity index (χ0) is 46.2. The van der Waals surface area contributed by atoms with E-state index in [1.807, 2.05) is 74.9 Å². The first-order valence-electron chi connectivity index (χ1n) is 22.1. The number of thiazole rings is 2. The standard InChI is InChI=1S/C24H31ClN4O3S.C23H29ClN4O3S/c1-14(2)26-24-28-19(13-33-24)18-10-21(32-15(3)4)17-6-7-20(22(25)23(17)27-18)31-12-16-11-30-9-8-29(16)5;1-13(2)26-23-28-18(12-32-23)17-9-20(31-14(3)4)16-5-6-19(21(24)22(16)27-17)30-11-15-10-29-8-7-25-15/h6-7,10,13-16H,8-9,11-12H2,1-5H3,(H,26,28);5-6,9,12-15,25H,7-8,10-11H2,1-4H3,(H,26,28)/t16-;15-/m10/s1. The van der Waals surface area contributed by atoms with Gasteiger partial charge >= 0.3 is 0 Å². The van der Waals surface area contributed by atoms with E-state index < -0.39 is 0 Å². The zero-order valence-electron chi connectivity index (χ0n) is 38.5. The lowest BCUT2D eigenvalue weighted by Crippen LogP contribution is -2.46. The third-order valence-electron chi connectivity index (χ3n) is 10.2. The van der Waals surface area contributed by atoms with Gasteiger partial charge in [0.15, 0.2) is 10.3 Å². The van der Waals surface area contributed by atoms with Gasteiger partial charge in [0.1, 0.15) is 57.6 Å². The fourth-order valence-electron chi connectivity index (χ4n) is 7.03. The molecule has 2 aliphatic rings. The zero-order valence-corrected chi connectivity index (χ0v) is 41.6. The smallest absolute Gasteiger partial charge is 0.183 e. The maximum absolute atomic E-state index is 6.82. The predicted octanol–water partition coefficient (Wildman–Crippen LogP) is 10.3. The second-order valence-electron chi connectivity index (χ2n) is 17.1. The molecule has 65 heavy (non-hydrogen) atoms. The van der Waals surface area contributed by atoms with Gasteiger partial charge in [-0.15, -0.1) is 22.7 Å². The number of hydrogen-bond acceptors (Lipinski definition) is 16. The summed E-state index contributed by atoms with van der Waals surface area (Å²) in [6, 6.07) is 12.4. The average molecular weight is 968 g/mol. The number of nitrogens with one attached hydrogen (secondary N) is 3. The van der Waals surface area contributed by atoms with Crippen LogP contribution in [0.2, 0.25) is 10.0 Å². The van der Waals surface area contributed by atoms with Crippen LogP contribution >= 0.6 is 45.9 Å². The predicted molar refractivity (Wildman–Crippen MR) is 266 cm³/mol. The molecule has 4 aromatic heterocycles. The quantitative estimate of drug-likeness (QED) is 0.0846. The van der Waals surface area contributed by atoms with Crippen molar-refractivity contribution in [3.63, 3.8) is 0 Å². The summed E-state index contributed by atoms with van der Waals surface area (Å²) in [7, 11) is 2.08. The first-order valence-corrected chi connectivity index (χ1v) is 24.6. The molecule has 2 atom stereocenters. The highest BCUT2D eigenvalue weighted by molar-refractivity contribution is 7.14. The van der Waals surface area contributed by atoms with Crippen molar-refractivity contribution in [2.45, 2.75) is 91.8 Å². The monoisotopic (exact) mass is 966 g/mol. The summed E-state index contributed by atoms with van der Waals surface area (Å²) in [5, 5.41) is 18.4. The number of halogens is 2. The number of likely N-dealkylation sites (N-methyl/N-ethyl adjacent to an activating group) is 1. The van der Waals surface area contributed by atoms with E-state index in [1.54, 1.807) is 22.7 Å². The molecule has 2 aliphatic heterocycles. The topological polar surface area (TPSA) is 146 Å². The van der Waals surface area contributed by atoms with E-state index in [4.69, 9.17) is 71.6 Å². The molecule has 3 N–H and O–H groups in total. The third-order valence-corrected chi connectivity index (χ3v) is 12.4. The molecule has 14 nitrogen and oxygen atoms in total. The van der Waals surface area contributed by atoms with Crippen LogP contribution in [0.4, 0.5) is 10.3 Å². The minimum atomic E-state index is 0.00796. The summed E-state index contributed by atoms with van der Waals surface area (Å²) >= 11 is 16.7. The van der Waals surface area contributed by atoms with Gasteiger partial charge < -0.3 is 44.4 Å². The number of benzene rings is 2. The van der Waals surface area contributed by atoms with Gasteiger partial charge in [-0.3, -0.25) is 4.90 Å². The summed E-state index contributed by atoms with van der Waals surface area (Å²) in [5.41, 5.74) is 4.26. The van der Waals surface area contributed by atoms with Gasteiger partial charge in [-0.05, 0) is 86.7 Å². The van der Waals surface area contributed by atoms with Crippen LogP contribution in [0.1, 0.15) is 55.4 Å². The number of ether oxygens (including phenoxy) is 6. The van der Waals surface area contributed by atoms with Crippen LogP contribution in [0, 0.1) is 0 Å². The molecule has 2 fully saturated rings. The van der Waals surface area contributed by atoms with Crippen molar-refractivity contribution in [2.24, 2.45) is 0 Å². The van der Waals surface area contributed by atoms with Crippen molar-refractivity contribution < 1.29 is 28.4 Å². The largest absolute Gasteiger partial charge is 0.490 e. The van der Waals surface area contributed by atoms with Crippen molar-refractivity contribution in [3.8, 4) is 45.8 Å². The normalized spacial score (nSPS) is 16.9. The molecule has 0 aliphatic carbocycles. The Balaban J connectivity index is 0.000000194. The van der Waals surface area contributed by atoms with Crippen LogP contribution in [-0.4, -0.2) is 121 Å². The first-order chi connectivity index (χ1) is 31.2. The molecular weight excluding hydrogens is 908 g/mol. The van der Waals surface area contributed by atoms with Crippen LogP contribution in [0.25, 0.3) is 44.6 Å². The van der Waals surface area contributed by atoms with Crippen LogP contribution in [0.3, 0.4) is 0 Å². The lowest BCUT2D eigenvalue weighted by atomic mass is 10.1. The molecule has 0 amide bonds. The van der Waals surface area contributed by atoms with E-state index in [1.165, 1.54) is 0 Å². The molecule has 8 rings (SSSR count). The van der Waals surface area contributed by atoms with Crippen LogP contribution in [-0.2, 0) is 9.47 Å². The van der Waals surface area contributed by atoms with Gasteiger partial charge in [0.25, 0.3) is 0 Å². The van der Waals surface area contributed by atoms with Crippen molar-refractivity contribution in [1.29, 1.82) is 0 Å². The van der Waals surface area contributed by atoms with Gasteiger partial charge in [0.05, 0.1) is 73.1 Å². The molecule has 2 saturated heterocycles. The average Bonchev–Trinajstić information content (AvgIpc) is 3.93. The SMILES string of the molecule is CC(C)Nc1nc(-c2cc(OC(C)C)c3ccc(OC[C@@H]4COCCN4)c(Cl)c3n2)cs1.CC(C)Nc1nc(-c2cc(OC(C)C)c3ccc(OC[C@H]4COCCN4C)c(Cl)c3n2)cs1. The number of aromatic nitrogens is 4. The van der Waals surface area contributed by atoms with E-state index in [0.717, 1.165) is 70.2 Å². The van der Waals surface area contributed by atoms with Gasteiger partial charge in [0, 0.05) is 58.8 Å². The number of rotatable bonds is 16. The van der Waals surface area contributed by atoms with Gasteiger partial charge in [-0.2, -0.15) is 0 Å². The number of morpholine rings is 2. The molecule has 0 spiro atoms. The van der Waals surface area contributed by atoms with Crippen LogP contribution < -0.4 is 34.9 Å². The first kappa shape index (κ1) is 48.7. The highest BCUT2D eigenvalue weighted by Gasteiger charge is 2.23. The van der Waals surface area contributed by atoms with Gasteiger partial charge in [-0.1, -0.05) is 23.2 Å². The Bertz CT molecular complexity index is 2510. The van der Waals surface area contributed by atoms with Crippen molar-refractivity contribution >= 4 is 77.9 Å². The highest BCUT2D eigenvalue weighted by atomic mass is 35.5. The van der Waals surface area contributed by atoms with Crippen molar-refractivity contribution in [2.75, 3.05) is 70.4 Å². The van der Waals surface area contributed by atoms with E-state index in [9.17, 15) is 0 Å². The summed E-state index contributed by atoms with van der Waals surface area (Å²) in [4.78, 5) is 21.3. The Morgan fingerprint density at radius 2 is 1.18 bits per heavy atom. The van der Waals surface area contributed by atoms with Gasteiger partial charge in [0.2, 0.25) is 0 Å². The molecule has 18 heteroatoms. The maximum atomic E-state index is 6.82. The molecular formula is C47H60Cl2N8O6S2. The number of pyridine rings is 2. The van der Waals surface area contributed by atoms with Crippen LogP contribution in [0.15, 0.2) is 47.2 Å². The Labute approximate surface area is 399 Å². The van der Waals surface area contributed by atoms with Crippen molar-refractivity contribution in [3.05, 3.63) is 57.2 Å². The highest BCUT2D eigenvalue weighted by Crippen LogP contribution is 2.41. The van der Waals surface area contributed by atoms with E-state index in [2.05, 4.69) is 55.6 Å². The van der Waals surface area contributed by atoms with Gasteiger partial charge in [-0.25, -0.2) is 19.9 Å². The molecule has 0 saturated carbocycles. The minimum absolute atomic E-state index is 0.00796. The van der Waals surface area contributed by atoms with E-state index in [-0.39, 0.29) is 24.3 Å². The fraction of sp³-hybridized carbons (Fsp3) is 0.489. The summed E-state index contributed by atoms with van der Waals surface area (Å²) in [5.74, 6) is 2.64. The Kier molecular flexibility index (Phi) is 16.8. The number of nitrogens with zero attached hydrogens (tertiary/aromatic N) is 5. The van der Waals surface area contributed by atoms with Crippen molar-refractivity contribution in [1.82, 2.24) is 30.2 Å². The summed E-state index contributed by atoms with van der Waals surface area (Å²) < 4.78 is 35.4. The summed E-state index contributed by atoms with van der Waals surface area (Å²) in [6.07, 6.45) is 0.0164. The fourth-order valence-corrected chi connectivity index (χ4v) is 9.26. The number of fused-ring (bicyclic) bond motifs is 2. The Morgan fingerprint density at radius 3 is 1.65 bits per heavy atom. The molecule has 0 radical (unpaired) electrons. The van der Waals surface area contributed by atoms with E-state index in [0.29, 0.717) is 82.5 Å². The molecule has 6 aromatic rings. The number of anilines is 2. The van der Waals surface area contributed by atoms with E-state index >= 15 is 0 Å². The second-order valence-corrected chi connectivity index (χ2v) is 19.6. The maximum Gasteiger partial charge on any atom is 0.183 e. The molecule has 0 bridgehead atoms. The molecule has 6 heterocycles. The molecule has 2 aromatic carbocycles.